The van der Waals surface area contributed by atoms with E-state index in [4.69, 9.17) is 17.0 Å². The molecule has 0 spiro atoms. The van der Waals surface area contributed by atoms with Crippen LogP contribution in [-0.2, 0) is 4.74 Å². The van der Waals surface area contributed by atoms with Crippen LogP contribution in [0.1, 0.15) is 90.4 Å². The van der Waals surface area contributed by atoms with E-state index in [0.717, 1.165) is 31.9 Å². The average molecular weight is 407 g/mol. The second-order valence-corrected chi connectivity index (χ2v) is 8.01. The molecule has 0 amide bonds. The Morgan fingerprint density at radius 2 is 1.29 bits per heavy atom. The van der Waals surface area contributed by atoms with Crippen molar-refractivity contribution in [3.63, 3.8) is 0 Å². The molecule has 0 aromatic heterocycles. The van der Waals surface area contributed by atoms with Crippen LogP contribution in [0.4, 0.5) is 5.69 Å². The van der Waals surface area contributed by atoms with Crippen LogP contribution in [0, 0.1) is 0 Å². The van der Waals surface area contributed by atoms with E-state index in [2.05, 4.69) is 17.6 Å². The topological polar surface area (TPSA) is 33.3 Å². The summed E-state index contributed by atoms with van der Waals surface area (Å²) in [6.07, 6.45) is 17.6. The molecule has 0 aliphatic heterocycles. The molecule has 0 unspecified atom stereocenters. The van der Waals surface area contributed by atoms with Gasteiger partial charge in [-0.2, -0.15) is 0 Å². The van der Waals surface area contributed by atoms with Crippen molar-refractivity contribution in [3.8, 4) is 0 Å². The van der Waals surface area contributed by atoms with Gasteiger partial charge in [0.25, 0.3) is 0 Å². The van der Waals surface area contributed by atoms with Crippen LogP contribution in [0.15, 0.2) is 30.3 Å². The molecule has 1 aromatic carbocycles. The Morgan fingerprint density at radius 1 is 0.750 bits per heavy atom. The predicted octanol–water partition coefficient (Wildman–Crippen LogP) is 7.08. The van der Waals surface area contributed by atoms with E-state index in [1.54, 1.807) is 0 Å². The highest BCUT2D eigenvalue weighted by molar-refractivity contribution is 7.80. The third-order valence-electron chi connectivity index (χ3n) is 4.92. The molecule has 0 heterocycles. The summed E-state index contributed by atoms with van der Waals surface area (Å²) < 4.78 is 5.72. The molecule has 0 bridgehead atoms. The van der Waals surface area contributed by atoms with Crippen molar-refractivity contribution in [2.45, 2.75) is 90.4 Å². The third kappa shape index (κ3) is 15.9. The van der Waals surface area contributed by atoms with Gasteiger partial charge in [0.15, 0.2) is 5.11 Å². The molecule has 1 rings (SSSR count). The maximum Gasteiger partial charge on any atom is 0.170 e. The van der Waals surface area contributed by atoms with Gasteiger partial charge in [0.2, 0.25) is 0 Å². The van der Waals surface area contributed by atoms with Gasteiger partial charge in [-0.25, -0.2) is 0 Å². The van der Waals surface area contributed by atoms with E-state index < -0.39 is 0 Å². The largest absolute Gasteiger partial charge is 0.381 e. The highest BCUT2D eigenvalue weighted by Gasteiger charge is 1.97. The molecule has 160 valence electrons. The Labute approximate surface area is 179 Å². The Hall–Kier alpha value is -1.13. The first-order chi connectivity index (χ1) is 13.8. The number of ether oxygens (including phenoxy) is 1. The minimum atomic E-state index is 0.673. The summed E-state index contributed by atoms with van der Waals surface area (Å²) >= 11 is 5.28. The van der Waals surface area contributed by atoms with E-state index in [1.807, 2.05) is 30.3 Å². The number of hydrogen-bond acceptors (Lipinski definition) is 2. The van der Waals surface area contributed by atoms with E-state index in [9.17, 15) is 0 Å². The van der Waals surface area contributed by atoms with Gasteiger partial charge >= 0.3 is 0 Å². The zero-order valence-electron chi connectivity index (χ0n) is 18.0. The van der Waals surface area contributed by atoms with Crippen molar-refractivity contribution >= 4 is 23.0 Å². The van der Waals surface area contributed by atoms with Crippen molar-refractivity contribution in [1.29, 1.82) is 0 Å². The lowest BCUT2D eigenvalue weighted by Gasteiger charge is -2.10. The molecule has 0 radical (unpaired) electrons. The molecule has 0 saturated heterocycles. The Kier molecular flexibility index (Phi) is 17.1. The van der Waals surface area contributed by atoms with Crippen LogP contribution in [0.3, 0.4) is 0 Å². The van der Waals surface area contributed by atoms with Gasteiger partial charge < -0.3 is 15.4 Å². The number of para-hydroxylation sites is 1. The van der Waals surface area contributed by atoms with E-state index in [1.165, 1.54) is 77.0 Å². The molecule has 4 heteroatoms. The molecular formula is C24H42N2OS. The fourth-order valence-corrected chi connectivity index (χ4v) is 3.44. The lowest BCUT2D eigenvalue weighted by molar-refractivity contribution is 0.128. The lowest BCUT2D eigenvalue weighted by Crippen LogP contribution is -2.29. The van der Waals surface area contributed by atoms with Crippen molar-refractivity contribution in [3.05, 3.63) is 30.3 Å². The molecule has 0 saturated carbocycles. The highest BCUT2D eigenvalue weighted by atomic mass is 32.1. The predicted molar refractivity (Wildman–Crippen MR) is 127 cm³/mol. The zero-order chi connectivity index (χ0) is 20.1. The Morgan fingerprint density at radius 3 is 1.89 bits per heavy atom. The summed E-state index contributed by atoms with van der Waals surface area (Å²) in [5.74, 6) is 0. The minimum absolute atomic E-state index is 0.673. The summed E-state index contributed by atoms with van der Waals surface area (Å²) in [7, 11) is 0. The van der Waals surface area contributed by atoms with Gasteiger partial charge in [-0.15, -0.1) is 0 Å². The molecule has 0 aliphatic carbocycles. The summed E-state index contributed by atoms with van der Waals surface area (Å²) in [4.78, 5) is 0. The van der Waals surface area contributed by atoms with Crippen LogP contribution in [0.5, 0.6) is 0 Å². The fraction of sp³-hybridized carbons (Fsp3) is 0.708. The molecule has 0 aliphatic rings. The third-order valence-corrected chi connectivity index (χ3v) is 5.17. The molecule has 28 heavy (non-hydrogen) atoms. The number of hydrogen-bond donors (Lipinski definition) is 2. The second kappa shape index (κ2) is 19.2. The number of anilines is 1. The van der Waals surface area contributed by atoms with E-state index >= 15 is 0 Å². The number of nitrogens with one attached hydrogen (secondary N) is 2. The first-order valence-corrected chi connectivity index (χ1v) is 11.9. The van der Waals surface area contributed by atoms with Gasteiger partial charge in [0, 0.05) is 25.4 Å². The van der Waals surface area contributed by atoms with Gasteiger partial charge in [-0.05, 0) is 37.2 Å². The molecule has 1 aromatic rings. The fourth-order valence-electron chi connectivity index (χ4n) is 3.22. The van der Waals surface area contributed by atoms with Crippen LogP contribution in [0.25, 0.3) is 0 Å². The Bertz CT molecular complexity index is 467. The number of unbranched alkanes of at least 4 members (excludes halogenated alkanes) is 11. The molecule has 3 nitrogen and oxygen atoms in total. The maximum absolute atomic E-state index is 5.72. The van der Waals surface area contributed by atoms with Crippen LogP contribution < -0.4 is 10.6 Å². The SMILES string of the molecule is CCCCCCCCCCCCCCOCCCNC(=S)Nc1ccccc1. The summed E-state index contributed by atoms with van der Waals surface area (Å²) in [6.45, 7) is 4.82. The standard InChI is InChI=1S/C24H42N2OS/c1-2-3-4-5-6-7-8-9-10-11-12-16-21-27-22-17-20-25-24(28)26-23-18-14-13-15-19-23/h13-15,18-19H,2-12,16-17,20-22H2,1H3,(H2,25,26,28). The summed E-state index contributed by atoms with van der Waals surface area (Å²) in [5.41, 5.74) is 1.02. The first kappa shape index (κ1) is 24.9. The molecule has 0 fully saturated rings. The van der Waals surface area contributed by atoms with E-state index in [0.29, 0.717) is 5.11 Å². The highest BCUT2D eigenvalue weighted by Crippen LogP contribution is 2.12. The van der Waals surface area contributed by atoms with Gasteiger partial charge in [0.05, 0.1) is 0 Å². The van der Waals surface area contributed by atoms with Crippen LogP contribution >= 0.6 is 12.2 Å². The number of rotatable bonds is 18. The zero-order valence-corrected chi connectivity index (χ0v) is 18.8. The maximum atomic E-state index is 5.72. The smallest absolute Gasteiger partial charge is 0.170 e. The van der Waals surface area contributed by atoms with Crippen molar-refractivity contribution in [1.82, 2.24) is 5.32 Å². The minimum Gasteiger partial charge on any atom is -0.381 e. The van der Waals surface area contributed by atoms with Crippen molar-refractivity contribution in [2.75, 3.05) is 25.1 Å². The Balaban J connectivity index is 1.74. The monoisotopic (exact) mass is 406 g/mol. The van der Waals surface area contributed by atoms with Gasteiger partial charge in [-0.1, -0.05) is 95.8 Å². The van der Waals surface area contributed by atoms with Crippen LogP contribution in [0.2, 0.25) is 0 Å². The van der Waals surface area contributed by atoms with Crippen molar-refractivity contribution in [2.24, 2.45) is 0 Å². The number of thiocarbonyl (C=S) groups is 1. The molecular weight excluding hydrogens is 364 g/mol. The van der Waals surface area contributed by atoms with Crippen LogP contribution in [-0.4, -0.2) is 24.9 Å². The van der Waals surface area contributed by atoms with Crippen molar-refractivity contribution < 1.29 is 4.74 Å². The summed E-state index contributed by atoms with van der Waals surface area (Å²) in [5, 5.41) is 7.07. The van der Waals surface area contributed by atoms with E-state index in [-0.39, 0.29) is 0 Å². The second-order valence-electron chi connectivity index (χ2n) is 7.60. The lowest BCUT2D eigenvalue weighted by atomic mass is 10.1. The molecule has 2 N–H and O–H groups in total. The number of benzene rings is 1. The quantitative estimate of drug-likeness (QED) is 0.201. The first-order valence-electron chi connectivity index (χ1n) is 11.5. The average Bonchev–Trinajstić information content (AvgIpc) is 2.71. The summed E-state index contributed by atoms with van der Waals surface area (Å²) in [6, 6.07) is 10.00. The van der Waals surface area contributed by atoms with Gasteiger partial charge in [-0.3, -0.25) is 0 Å². The molecule has 0 atom stereocenters. The normalized spacial score (nSPS) is 10.8. The van der Waals surface area contributed by atoms with Gasteiger partial charge in [0.1, 0.15) is 0 Å².